The van der Waals surface area contributed by atoms with Crippen molar-refractivity contribution in [2.75, 3.05) is 0 Å². The van der Waals surface area contributed by atoms with Crippen molar-refractivity contribution in [1.29, 1.82) is 0 Å². The van der Waals surface area contributed by atoms with Gasteiger partial charge >= 0.3 is 0 Å². The number of hydrogen-bond donors (Lipinski definition) is 3. The molecule has 0 bridgehead atoms. The van der Waals surface area contributed by atoms with E-state index < -0.39 is 0 Å². The number of nitrogens with zero attached hydrogens (tertiary/aromatic N) is 4. The molecule has 6 aromatic rings. The number of H-pyrrole nitrogens is 3. The van der Waals surface area contributed by atoms with Gasteiger partial charge in [-0.2, -0.15) is 10.2 Å². The van der Waals surface area contributed by atoms with E-state index in [1.54, 1.807) is 17.5 Å². The van der Waals surface area contributed by atoms with Crippen molar-refractivity contribution < 1.29 is 0 Å². The minimum Gasteiger partial charge on any atom is -0.352 e. The van der Waals surface area contributed by atoms with Gasteiger partial charge in [0.25, 0.3) is 0 Å². The summed E-state index contributed by atoms with van der Waals surface area (Å²) >= 11 is 1.70. The Morgan fingerprint density at radius 3 is 2.86 bits per heavy atom. The fourth-order valence-corrected chi connectivity index (χ4v) is 4.20. The van der Waals surface area contributed by atoms with Gasteiger partial charge in [0.05, 0.1) is 34.8 Å². The van der Waals surface area contributed by atoms with E-state index in [9.17, 15) is 0 Å². The molecule has 6 heterocycles. The summed E-state index contributed by atoms with van der Waals surface area (Å²) in [6, 6.07) is 10.2. The highest BCUT2D eigenvalue weighted by Crippen LogP contribution is 2.35. The molecule has 0 saturated carbocycles. The van der Waals surface area contributed by atoms with E-state index in [1.807, 2.05) is 30.7 Å². The summed E-state index contributed by atoms with van der Waals surface area (Å²) < 4.78 is 0. The van der Waals surface area contributed by atoms with Crippen molar-refractivity contribution in [1.82, 2.24) is 35.3 Å². The summed E-state index contributed by atoms with van der Waals surface area (Å²) in [6.45, 7) is 0. The maximum Gasteiger partial charge on any atom is 0.135 e. The molecule has 134 valence electrons. The number of aromatic amines is 3. The van der Waals surface area contributed by atoms with E-state index in [1.165, 1.54) is 4.88 Å². The predicted molar refractivity (Wildman–Crippen MR) is 110 cm³/mol. The fraction of sp³-hybridized carbons (Fsp3) is 0. The molecular formula is C20H13N7S. The SMILES string of the molecule is c1csc(-c2cncc3[nH]c(-c4n[nH]c5ccc(-c6cn[nH]c6)nc45)cc23)c1. The average Bonchev–Trinajstić information content (AvgIpc) is 3.53. The Kier molecular flexibility index (Phi) is 3.20. The third kappa shape index (κ3) is 2.28. The van der Waals surface area contributed by atoms with Gasteiger partial charge in [-0.25, -0.2) is 4.98 Å². The van der Waals surface area contributed by atoms with E-state index in [0.717, 1.165) is 50.1 Å². The third-order valence-corrected chi connectivity index (χ3v) is 5.69. The zero-order chi connectivity index (χ0) is 18.5. The second-order valence-corrected chi connectivity index (χ2v) is 7.41. The van der Waals surface area contributed by atoms with Crippen molar-refractivity contribution in [3.63, 3.8) is 0 Å². The van der Waals surface area contributed by atoms with Gasteiger partial charge in [0.1, 0.15) is 11.2 Å². The first-order valence-corrected chi connectivity index (χ1v) is 9.60. The van der Waals surface area contributed by atoms with Crippen molar-refractivity contribution in [3.05, 3.63) is 60.5 Å². The van der Waals surface area contributed by atoms with Crippen LogP contribution in [0.5, 0.6) is 0 Å². The van der Waals surface area contributed by atoms with Crippen LogP contribution in [0.2, 0.25) is 0 Å². The Bertz CT molecular complexity index is 1410. The smallest absolute Gasteiger partial charge is 0.135 e. The van der Waals surface area contributed by atoms with Gasteiger partial charge in [-0.3, -0.25) is 15.2 Å². The lowest BCUT2D eigenvalue weighted by Crippen LogP contribution is -1.84. The lowest BCUT2D eigenvalue weighted by atomic mass is 10.1. The standard InChI is InChI=1S/C20H13N7S/c1-2-18(28-5-1)13-9-21-10-17-12(13)6-16(24-17)20-19-15(26-27-20)4-3-14(25-19)11-7-22-23-8-11/h1-10,24H,(H,22,23)(H,26,27). The van der Waals surface area contributed by atoms with Crippen LogP contribution in [0.25, 0.3) is 55.0 Å². The van der Waals surface area contributed by atoms with Gasteiger partial charge in [-0.1, -0.05) is 6.07 Å². The number of nitrogens with one attached hydrogen (secondary N) is 3. The molecule has 7 nitrogen and oxygen atoms in total. The molecular weight excluding hydrogens is 370 g/mol. The van der Waals surface area contributed by atoms with Crippen LogP contribution in [0.4, 0.5) is 0 Å². The highest BCUT2D eigenvalue weighted by molar-refractivity contribution is 7.13. The van der Waals surface area contributed by atoms with Crippen LogP contribution in [-0.2, 0) is 0 Å². The lowest BCUT2D eigenvalue weighted by molar-refractivity contribution is 1.09. The van der Waals surface area contributed by atoms with Crippen LogP contribution in [0.1, 0.15) is 0 Å². The molecule has 0 saturated heterocycles. The first-order valence-electron chi connectivity index (χ1n) is 8.72. The van der Waals surface area contributed by atoms with E-state index in [2.05, 4.69) is 53.9 Å². The highest BCUT2D eigenvalue weighted by Gasteiger charge is 2.16. The molecule has 0 aliphatic rings. The molecule has 28 heavy (non-hydrogen) atoms. The van der Waals surface area contributed by atoms with Crippen molar-refractivity contribution >= 4 is 33.3 Å². The Morgan fingerprint density at radius 1 is 1.00 bits per heavy atom. The van der Waals surface area contributed by atoms with E-state index >= 15 is 0 Å². The summed E-state index contributed by atoms with van der Waals surface area (Å²) in [6.07, 6.45) is 7.34. The Balaban J connectivity index is 1.55. The van der Waals surface area contributed by atoms with Crippen molar-refractivity contribution in [3.8, 4) is 33.1 Å². The number of pyridine rings is 2. The fourth-order valence-electron chi connectivity index (χ4n) is 3.45. The molecule has 0 fully saturated rings. The Morgan fingerprint density at radius 2 is 2.00 bits per heavy atom. The van der Waals surface area contributed by atoms with E-state index in [0.29, 0.717) is 0 Å². The highest BCUT2D eigenvalue weighted by atomic mass is 32.1. The summed E-state index contributed by atoms with van der Waals surface area (Å²) in [5.74, 6) is 0. The minimum atomic E-state index is 0.786. The molecule has 0 amide bonds. The van der Waals surface area contributed by atoms with E-state index in [4.69, 9.17) is 4.98 Å². The zero-order valence-electron chi connectivity index (χ0n) is 14.5. The van der Waals surface area contributed by atoms with Gasteiger partial charge in [0.2, 0.25) is 0 Å². The summed E-state index contributed by atoms with van der Waals surface area (Å²) in [5.41, 5.74) is 7.27. The molecule has 0 spiro atoms. The molecule has 6 aromatic heterocycles. The topological polar surface area (TPSA) is 98.9 Å². The monoisotopic (exact) mass is 383 g/mol. The van der Waals surface area contributed by atoms with Crippen molar-refractivity contribution in [2.45, 2.75) is 0 Å². The van der Waals surface area contributed by atoms with Crippen LogP contribution < -0.4 is 0 Å². The first-order chi connectivity index (χ1) is 13.9. The van der Waals surface area contributed by atoms with Gasteiger partial charge in [0, 0.05) is 33.8 Å². The number of thiophene rings is 1. The van der Waals surface area contributed by atoms with Crippen LogP contribution in [0.15, 0.2) is 60.5 Å². The molecule has 0 unspecified atom stereocenters. The minimum absolute atomic E-state index is 0.786. The largest absolute Gasteiger partial charge is 0.352 e. The van der Waals surface area contributed by atoms with Gasteiger partial charge in [-0.15, -0.1) is 11.3 Å². The molecule has 8 heteroatoms. The van der Waals surface area contributed by atoms with Gasteiger partial charge < -0.3 is 4.98 Å². The second-order valence-electron chi connectivity index (χ2n) is 6.46. The number of aromatic nitrogens is 7. The molecule has 0 aliphatic carbocycles. The van der Waals surface area contributed by atoms with Crippen LogP contribution in [-0.4, -0.2) is 35.3 Å². The predicted octanol–water partition coefficient (Wildman–Crippen LogP) is 4.62. The first kappa shape index (κ1) is 15.3. The quantitative estimate of drug-likeness (QED) is 0.415. The number of hydrogen-bond acceptors (Lipinski definition) is 5. The molecule has 0 aromatic carbocycles. The number of fused-ring (bicyclic) bond motifs is 2. The molecule has 0 aliphatic heterocycles. The number of rotatable bonds is 3. The molecule has 6 rings (SSSR count). The Labute approximate surface area is 162 Å². The summed E-state index contributed by atoms with van der Waals surface area (Å²) in [5, 5.41) is 17.6. The summed E-state index contributed by atoms with van der Waals surface area (Å²) in [4.78, 5) is 13.8. The van der Waals surface area contributed by atoms with Crippen molar-refractivity contribution in [2.24, 2.45) is 0 Å². The van der Waals surface area contributed by atoms with Crippen LogP contribution >= 0.6 is 11.3 Å². The maximum absolute atomic E-state index is 4.81. The van der Waals surface area contributed by atoms with Gasteiger partial charge in [-0.05, 0) is 29.6 Å². The molecule has 0 atom stereocenters. The zero-order valence-corrected chi connectivity index (χ0v) is 15.3. The summed E-state index contributed by atoms with van der Waals surface area (Å²) in [7, 11) is 0. The molecule has 3 N–H and O–H groups in total. The maximum atomic E-state index is 4.81. The second kappa shape index (κ2) is 5.86. The average molecular weight is 383 g/mol. The Hall–Kier alpha value is -3.78. The van der Waals surface area contributed by atoms with E-state index in [-0.39, 0.29) is 0 Å². The van der Waals surface area contributed by atoms with Crippen LogP contribution in [0, 0.1) is 0 Å². The van der Waals surface area contributed by atoms with Crippen LogP contribution in [0.3, 0.4) is 0 Å². The molecule has 0 radical (unpaired) electrons. The third-order valence-electron chi connectivity index (χ3n) is 4.79. The lowest BCUT2D eigenvalue weighted by Gasteiger charge is -1.98. The van der Waals surface area contributed by atoms with Gasteiger partial charge in [0.15, 0.2) is 0 Å². The normalized spacial score (nSPS) is 11.6.